The lowest BCUT2D eigenvalue weighted by atomic mass is 10.1. The molecule has 0 saturated carbocycles. The molecule has 0 aliphatic carbocycles. The van der Waals surface area contributed by atoms with Crippen LogP contribution in [0.3, 0.4) is 0 Å². The molecule has 0 saturated heterocycles. The van der Waals surface area contributed by atoms with Crippen molar-refractivity contribution < 1.29 is 4.79 Å². The molecule has 0 spiro atoms. The van der Waals surface area contributed by atoms with Gasteiger partial charge in [0, 0.05) is 19.8 Å². The summed E-state index contributed by atoms with van der Waals surface area (Å²) in [6.07, 6.45) is 1.88. The van der Waals surface area contributed by atoms with Gasteiger partial charge in [-0.1, -0.05) is 29.5 Å². The SMILES string of the molecule is CN(C)c1ccc(/C=N\NC(=O)Cc2ccc3nc(N)sc3c2)cc1. The third-order valence-electron chi connectivity index (χ3n) is 3.65. The standard InChI is InChI=1S/C18H19N5OS/c1-23(2)14-6-3-12(4-7-14)11-20-22-17(24)10-13-5-8-15-16(9-13)25-18(19)21-15/h3-9,11H,10H2,1-2H3,(H2,19,21)(H,22,24)/b20-11-. The van der Waals surface area contributed by atoms with Crippen molar-refractivity contribution in [3.8, 4) is 0 Å². The molecule has 7 heteroatoms. The number of aromatic nitrogens is 1. The molecule has 0 bridgehead atoms. The van der Waals surface area contributed by atoms with Crippen LogP contribution in [0.15, 0.2) is 47.6 Å². The van der Waals surface area contributed by atoms with Crippen LogP contribution < -0.4 is 16.1 Å². The molecule has 2 aromatic carbocycles. The van der Waals surface area contributed by atoms with Crippen molar-refractivity contribution in [3.05, 3.63) is 53.6 Å². The summed E-state index contributed by atoms with van der Waals surface area (Å²) in [7, 11) is 3.97. The minimum absolute atomic E-state index is 0.169. The van der Waals surface area contributed by atoms with Crippen LogP contribution >= 0.6 is 11.3 Å². The number of nitrogens with one attached hydrogen (secondary N) is 1. The summed E-state index contributed by atoms with van der Waals surface area (Å²) in [5, 5.41) is 4.54. The maximum absolute atomic E-state index is 12.0. The first-order valence-corrected chi connectivity index (χ1v) is 8.57. The number of rotatable bonds is 5. The van der Waals surface area contributed by atoms with Crippen molar-refractivity contribution in [1.29, 1.82) is 0 Å². The number of hydrogen-bond acceptors (Lipinski definition) is 6. The summed E-state index contributed by atoms with van der Waals surface area (Å²) < 4.78 is 0.979. The fraction of sp³-hybridized carbons (Fsp3) is 0.167. The highest BCUT2D eigenvalue weighted by molar-refractivity contribution is 7.22. The average Bonchev–Trinajstić information content (AvgIpc) is 2.94. The first-order chi connectivity index (χ1) is 12.0. The lowest BCUT2D eigenvalue weighted by Crippen LogP contribution is -2.19. The van der Waals surface area contributed by atoms with Crippen LogP contribution in [0.2, 0.25) is 0 Å². The summed E-state index contributed by atoms with van der Waals surface area (Å²) in [5.74, 6) is -0.169. The van der Waals surface area contributed by atoms with Gasteiger partial charge in [-0.2, -0.15) is 5.10 Å². The van der Waals surface area contributed by atoms with Crippen molar-refractivity contribution >= 4 is 44.5 Å². The van der Waals surface area contributed by atoms with Crippen LogP contribution in [0.5, 0.6) is 0 Å². The fourth-order valence-electron chi connectivity index (χ4n) is 2.36. The Kier molecular flexibility index (Phi) is 4.95. The van der Waals surface area contributed by atoms with E-state index >= 15 is 0 Å². The summed E-state index contributed by atoms with van der Waals surface area (Å²) in [4.78, 5) is 18.2. The average molecular weight is 353 g/mol. The summed E-state index contributed by atoms with van der Waals surface area (Å²) in [6.45, 7) is 0. The van der Waals surface area contributed by atoms with Gasteiger partial charge in [0.1, 0.15) is 0 Å². The molecule has 0 unspecified atom stereocenters. The molecule has 1 heterocycles. The molecule has 6 nitrogen and oxygen atoms in total. The van der Waals surface area contributed by atoms with Gasteiger partial charge < -0.3 is 10.6 Å². The molecule has 1 amide bonds. The summed E-state index contributed by atoms with van der Waals surface area (Å²) in [6, 6.07) is 13.6. The van der Waals surface area contributed by atoms with E-state index in [9.17, 15) is 4.79 Å². The number of carbonyl (C=O) groups excluding carboxylic acids is 1. The Balaban J connectivity index is 1.57. The number of carbonyl (C=O) groups is 1. The number of nitrogens with two attached hydrogens (primary N) is 1. The smallest absolute Gasteiger partial charge is 0.244 e. The maximum Gasteiger partial charge on any atom is 0.244 e. The Bertz CT molecular complexity index is 915. The topological polar surface area (TPSA) is 83.6 Å². The van der Waals surface area contributed by atoms with Crippen molar-refractivity contribution in [2.45, 2.75) is 6.42 Å². The van der Waals surface area contributed by atoms with Gasteiger partial charge in [0.25, 0.3) is 0 Å². The number of amides is 1. The molecular formula is C18H19N5OS. The first kappa shape index (κ1) is 16.9. The van der Waals surface area contributed by atoms with Crippen LogP contribution in [-0.4, -0.2) is 31.2 Å². The minimum Gasteiger partial charge on any atom is -0.378 e. The van der Waals surface area contributed by atoms with E-state index in [1.54, 1.807) is 6.21 Å². The van der Waals surface area contributed by atoms with Crippen molar-refractivity contribution in [2.75, 3.05) is 24.7 Å². The predicted octanol–water partition coefficient (Wildman–Crippen LogP) is 2.64. The second kappa shape index (κ2) is 7.31. The number of nitrogens with zero attached hydrogens (tertiary/aromatic N) is 3. The number of thiazole rings is 1. The molecule has 3 rings (SSSR count). The van der Waals surface area contributed by atoms with Gasteiger partial charge in [-0.3, -0.25) is 4.79 Å². The number of benzene rings is 2. The summed E-state index contributed by atoms with van der Waals surface area (Å²) >= 11 is 1.41. The Hall–Kier alpha value is -2.93. The van der Waals surface area contributed by atoms with Crippen LogP contribution in [0.4, 0.5) is 10.8 Å². The number of nitrogen functional groups attached to an aromatic ring is 1. The van der Waals surface area contributed by atoms with E-state index in [0.717, 1.165) is 27.0 Å². The van der Waals surface area contributed by atoms with E-state index in [1.165, 1.54) is 11.3 Å². The molecule has 1 aromatic heterocycles. The van der Waals surface area contributed by atoms with Gasteiger partial charge in [-0.15, -0.1) is 0 Å². The highest BCUT2D eigenvalue weighted by Gasteiger charge is 2.06. The molecule has 3 N–H and O–H groups in total. The van der Waals surface area contributed by atoms with E-state index in [1.807, 2.05) is 61.5 Å². The van der Waals surface area contributed by atoms with Gasteiger partial charge in [0.2, 0.25) is 5.91 Å². The molecule has 0 atom stereocenters. The van der Waals surface area contributed by atoms with Crippen molar-refractivity contribution in [2.24, 2.45) is 5.10 Å². The van der Waals surface area contributed by atoms with E-state index in [0.29, 0.717) is 5.13 Å². The maximum atomic E-state index is 12.0. The molecule has 0 radical (unpaired) electrons. The highest BCUT2D eigenvalue weighted by Crippen LogP contribution is 2.24. The van der Waals surface area contributed by atoms with Crippen molar-refractivity contribution in [3.63, 3.8) is 0 Å². The lowest BCUT2D eigenvalue weighted by molar-refractivity contribution is -0.120. The third kappa shape index (κ3) is 4.33. The van der Waals surface area contributed by atoms with Gasteiger partial charge in [-0.05, 0) is 35.4 Å². The van der Waals surface area contributed by atoms with Crippen LogP contribution in [0, 0.1) is 0 Å². The van der Waals surface area contributed by atoms with E-state index in [4.69, 9.17) is 5.73 Å². The fourth-order valence-corrected chi connectivity index (χ4v) is 3.16. The Labute approximate surface area is 150 Å². The number of anilines is 2. The third-order valence-corrected chi connectivity index (χ3v) is 4.49. The van der Waals surface area contributed by atoms with Gasteiger partial charge in [0.05, 0.1) is 22.9 Å². The first-order valence-electron chi connectivity index (χ1n) is 7.75. The van der Waals surface area contributed by atoms with Crippen molar-refractivity contribution in [1.82, 2.24) is 10.4 Å². The normalized spacial score (nSPS) is 11.1. The molecule has 25 heavy (non-hydrogen) atoms. The van der Waals surface area contributed by atoms with E-state index in [2.05, 4.69) is 15.5 Å². The zero-order chi connectivity index (χ0) is 17.8. The Morgan fingerprint density at radius 2 is 2.04 bits per heavy atom. The van der Waals surface area contributed by atoms with Gasteiger partial charge >= 0.3 is 0 Å². The molecular weight excluding hydrogens is 334 g/mol. The number of hydrogen-bond donors (Lipinski definition) is 2. The molecule has 3 aromatic rings. The van der Waals surface area contributed by atoms with Crippen LogP contribution in [0.25, 0.3) is 10.2 Å². The predicted molar refractivity (Wildman–Crippen MR) is 104 cm³/mol. The number of hydrazone groups is 1. The zero-order valence-electron chi connectivity index (χ0n) is 14.1. The second-order valence-corrected chi connectivity index (χ2v) is 6.87. The lowest BCUT2D eigenvalue weighted by Gasteiger charge is -2.11. The molecule has 0 aliphatic rings. The Morgan fingerprint density at radius 3 is 2.76 bits per heavy atom. The van der Waals surface area contributed by atoms with Crippen LogP contribution in [0.1, 0.15) is 11.1 Å². The molecule has 0 aliphatic heterocycles. The van der Waals surface area contributed by atoms with Crippen LogP contribution in [-0.2, 0) is 11.2 Å². The largest absolute Gasteiger partial charge is 0.378 e. The minimum atomic E-state index is -0.169. The monoisotopic (exact) mass is 353 g/mol. The van der Waals surface area contributed by atoms with E-state index < -0.39 is 0 Å². The highest BCUT2D eigenvalue weighted by atomic mass is 32.1. The molecule has 128 valence electrons. The second-order valence-electron chi connectivity index (χ2n) is 5.81. The Morgan fingerprint density at radius 1 is 1.28 bits per heavy atom. The summed E-state index contributed by atoms with van der Waals surface area (Å²) in [5.41, 5.74) is 12.0. The van der Waals surface area contributed by atoms with Gasteiger partial charge in [0.15, 0.2) is 5.13 Å². The quantitative estimate of drug-likeness (QED) is 0.546. The number of fused-ring (bicyclic) bond motifs is 1. The van der Waals surface area contributed by atoms with Gasteiger partial charge in [-0.25, -0.2) is 10.4 Å². The zero-order valence-corrected chi connectivity index (χ0v) is 14.9. The molecule has 0 fully saturated rings. The van der Waals surface area contributed by atoms with E-state index in [-0.39, 0.29) is 12.3 Å².